The maximum Gasteiger partial charge on any atom is 0.407 e. The van der Waals surface area contributed by atoms with Crippen LogP contribution in [0.5, 0.6) is 0 Å². The molecule has 170 valence electrons. The van der Waals surface area contributed by atoms with E-state index < -0.39 is 23.7 Å². The lowest BCUT2D eigenvalue weighted by molar-refractivity contribution is -0.157. The van der Waals surface area contributed by atoms with Crippen LogP contribution in [-0.2, 0) is 19.1 Å². The third-order valence-corrected chi connectivity index (χ3v) is 5.81. The lowest BCUT2D eigenvalue weighted by Crippen LogP contribution is -2.45. The highest BCUT2D eigenvalue weighted by Crippen LogP contribution is 2.44. The van der Waals surface area contributed by atoms with Gasteiger partial charge in [-0.3, -0.25) is 4.79 Å². The van der Waals surface area contributed by atoms with Gasteiger partial charge in [-0.25, -0.2) is 9.59 Å². The van der Waals surface area contributed by atoms with Crippen molar-refractivity contribution in [2.24, 2.45) is 0 Å². The molecule has 0 bridgehead atoms. The van der Waals surface area contributed by atoms with Crippen LogP contribution in [0.2, 0.25) is 0 Å². The Morgan fingerprint density at radius 3 is 2.09 bits per heavy atom. The highest BCUT2D eigenvalue weighted by molar-refractivity contribution is 9.09. The summed E-state index contributed by atoms with van der Waals surface area (Å²) in [5.74, 6) is -0.732. The predicted molar refractivity (Wildman–Crippen MR) is 126 cm³/mol. The number of nitrogens with one attached hydrogen (secondary N) is 1. The molecular weight excluding hydrogens is 474 g/mol. The molecule has 2 aromatic carbocycles. The molecule has 0 heterocycles. The van der Waals surface area contributed by atoms with Gasteiger partial charge in [0.1, 0.15) is 24.0 Å². The SMILES string of the molecule is CC(C)(C)OC(=O)[C@H](CCC(=O)CBr)NC(=O)OCC1c2ccccc2-c2ccccc21. The number of hydrogen-bond acceptors (Lipinski definition) is 5. The number of Topliss-reactive ketones (excluding diaryl/α,β-unsaturated/α-hetero) is 1. The Labute approximate surface area is 196 Å². The van der Waals surface area contributed by atoms with E-state index in [1.807, 2.05) is 36.4 Å². The van der Waals surface area contributed by atoms with E-state index in [1.165, 1.54) is 0 Å². The van der Waals surface area contributed by atoms with E-state index >= 15 is 0 Å². The number of alkyl carbamates (subject to hydrolysis) is 1. The van der Waals surface area contributed by atoms with Gasteiger partial charge in [0, 0.05) is 12.3 Å². The quantitative estimate of drug-likeness (QED) is 0.407. The summed E-state index contributed by atoms with van der Waals surface area (Å²) in [6.07, 6.45) is -0.434. The summed E-state index contributed by atoms with van der Waals surface area (Å²) in [6, 6.07) is 15.2. The second-order valence-electron chi connectivity index (χ2n) is 8.77. The summed E-state index contributed by atoms with van der Waals surface area (Å²) < 4.78 is 10.9. The third-order valence-electron chi connectivity index (χ3n) is 5.19. The molecular formula is C25H28BrNO5. The van der Waals surface area contributed by atoms with Crippen molar-refractivity contribution in [3.8, 4) is 11.1 Å². The number of ketones is 1. The number of halogens is 1. The minimum absolute atomic E-state index is 0.0621. The second kappa shape index (κ2) is 10.3. The molecule has 1 amide bonds. The fourth-order valence-corrected chi connectivity index (χ4v) is 4.06. The molecule has 1 N–H and O–H groups in total. The predicted octanol–water partition coefficient (Wildman–Crippen LogP) is 4.98. The Bertz CT molecular complexity index is 952. The molecule has 1 aliphatic carbocycles. The van der Waals surface area contributed by atoms with Crippen molar-refractivity contribution in [1.29, 1.82) is 0 Å². The van der Waals surface area contributed by atoms with Gasteiger partial charge in [-0.1, -0.05) is 64.5 Å². The van der Waals surface area contributed by atoms with Crippen LogP contribution >= 0.6 is 15.9 Å². The van der Waals surface area contributed by atoms with Crippen LogP contribution in [0, 0.1) is 0 Å². The molecule has 1 aliphatic rings. The molecule has 0 saturated carbocycles. The van der Waals surface area contributed by atoms with Crippen LogP contribution in [0.25, 0.3) is 11.1 Å². The van der Waals surface area contributed by atoms with Crippen LogP contribution in [0.1, 0.15) is 50.7 Å². The lowest BCUT2D eigenvalue weighted by atomic mass is 9.98. The number of ether oxygens (including phenoxy) is 2. The molecule has 0 aliphatic heterocycles. The van der Waals surface area contributed by atoms with Crippen LogP contribution in [0.15, 0.2) is 48.5 Å². The Morgan fingerprint density at radius 2 is 1.56 bits per heavy atom. The van der Waals surface area contributed by atoms with Gasteiger partial charge in [0.15, 0.2) is 0 Å². The maximum atomic E-state index is 12.6. The van der Waals surface area contributed by atoms with Crippen LogP contribution < -0.4 is 5.32 Å². The van der Waals surface area contributed by atoms with E-state index in [4.69, 9.17) is 9.47 Å². The first kappa shape index (κ1) is 24.0. The van der Waals surface area contributed by atoms with Crippen molar-refractivity contribution in [2.45, 2.75) is 51.2 Å². The van der Waals surface area contributed by atoms with E-state index in [-0.39, 0.29) is 36.5 Å². The highest BCUT2D eigenvalue weighted by atomic mass is 79.9. The number of benzene rings is 2. The average molecular weight is 502 g/mol. The number of carbonyl (C=O) groups excluding carboxylic acids is 3. The van der Waals surface area contributed by atoms with Crippen molar-refractivity contribution < 1.29 is 23.9 Å². The summed E-state index contributed by atoms with van der Waals surface area (Å²) in [6.45, 7) is 5.39. The van der Waals surface area contributed by atoms with Gasteiger partial charge >= 0.3 is 12.1 Å². The molecule has 1 atom stereocenters. The Morgan fingerprint density at radius 1 is 1.00 bits per heavy atom. The zero-order valence-electron chi connectivity index (χ0n) is 18.5. The van der Waals surface area contributed by atoms with E-state index in [1.54, 1.807) is 20.8 Å². The van der Waals surface area contributed by atoms with Crippen LogP contribution in [0.3, 0.4) is 0 Å². The van der Waals surface area contributed by atoms with Gasteiger partial charge in [0.05, 0.1) is 5.33 Å². The summed E-state index contributed by atoms with van der Waals surface area (Å²) in [4.78, 5) is 36.9. The number of carbonyl (C=O) groups is 3. The molecule has 0 fully saturated rings. The zero-order chi connectivity index (χ0) is 23.3. The first-order valence-corrected chi connectivity index (χ1v) is 11.7. The van der Waals surface area contributed by atoms with E-state index in [2.05, 4.69) is 33.4 Å². The van der Waals surface area contributed by atoms with Crippen molar-refractivity contribution in [2.75, 3.05) is 11.9 Å². The second-order valence-corrected chi connectivity index (χ2v) is 9.33. The summed E-state index contributed by atoms with van der Waals surface area (Å²) in [5, 5.41) is 2.78. The third kappa shape index (κ3) is 5.97. The normalized spacial score (nSPS) is 13.6. The molecule has 32 heavy (non-hydrogen) atoms. The van der Waals surface area contributed by atoms with Gasteiger partial charge in [0.25, 0.3) is 0 Å². The number of rotatable bonds is 8. The monoisotopic (exact) mass is 501 g/mol. The maximum absolute atomic E-state index is 12.6. The fraction of sp³-hybridized carbons (Fsp3) is 0.400. The van der Waals surface area contributed by atoms with Crippen LogP contribution in [-0.4, -0.2) is 41.4 Å². The topological polar surface area (TPSA) is 81.7 Å². The average Bonchev–Trinajstić information content (AvgIpc) is 3.07. The smallest absolute Gasteiger partial charge is 0.407 e. The van der Waals surface area contributed by atoms with Gasteiger partial charge in [-0.05, 0) is 49.4 Å². The Hall–Kier alpha value is -2.67. The van der Waals surface area contributed by atoms with Gasteiger partial charge in [-0.15, -0.1) is 0 Å². The lowest BCUT2D eigenvalue weighted by Gasteiger charge is -2.24. The summed E-state index contributed by atoms with van der Waals surface area (Å²) >= 11 is 3.11. The number of hydrogen-bond donors (Lipinski definition) is 1. The van der Waals surface area contributed by atoms with E-state index in [9.17, 15) is 14.4 Å². The Kier molecular flexibility index (Phi) is 7.72. The molecule has 2 aromatic rings. The molecule has 0 saturated heterocycles. The van der Waals surface area contributed by atoms with Crippen molar-refractivity contribution >= 4 is 33.8 Å². The standard InChI is InChI=1S/C25H28BrNO5/c1-25(2,3)32-23(29)22(13-12-16(28)14-26)27-24(30)31-15-21-19-10-6-4-8-17(19)18-9-5-7-11-20(18)21/h4-11,21-22H,12-15H2,1-3H3,(H,27,30)/t22-/m0/s1. The van der Waals surface area contributed by atoms with Crippen molar-refractivity contribution in [3.63, 3.8) is 0 Å². The molecule has 3 rings (SSSR count). The molecule has 6 nitrogen and oxygen atoms in total. The van der Waals surface area contributed by atoms with Crippen molar-refractivity contribution in [1.82, 2.24) is 5.32 Å². The Balaban J connectivity index is 1.67. The minimum atomic E-state index is -0.965. The summed E-state index contributed by atoms with van der Waals surface area (Å²) in [7, 11) is 0. The van der Waals surface area contributed by atoms with E-state index in [0.29, 0.717) is 0 Å². The molecule has 0 spiro atoms. The number of amides is 1. The van der Waals surface area contributed by atoms with E-state index in [0.717, 1.165) is 22.3 Å². The van der Waals surface area contributed by atoms with Crippen molar-refractivity contribution in [3.05, 3.63) is 59.7 Å². The molecule has 7 heteroatoms. The highest BCUT2D eigenvalue weighted by Gasteiger charge is 2.31. The number of fused-ring (bicyclic) bond motifs is 3. The molecule has 0 aromatic heterocycles. The first-order valence-electron chi connectivity index (χ1n) is 10.6. The van der Waals surface area contributed by atoms with Crippen LogP contribution in [0.4, 0.5) is 4.79 Å². The fourth-order valence-electron chi connectivity index (χ4n) is 3.78. The van der Waals surface area contributed by atoms with Gasteiger partial charge in [-0.2, -0.15) is 0 Å². The number of esters is 1. The largest absolute Gasteiger partial charge is 0.458 e. The molecule has 0 unspecified atom stereocenters. The number of alkyl halides is 1. The first-order chi connectivity index (χ1) is 15.2. The summed E-state index contributed by atoms with van der Waals surface area (Å²) in [5.41, 5.74) is 3.77. The van der Waals surface area contributed by atoms with Gasteiger partial charge in [0.2, 0.25) is 0 Å². The van der Waals surface area contributed by atoms with Gasteiger partial charge < -0.3 is 14.8 Å². The molecule has 0 radical (unpaired) electrons. The minimum Gasteiger partial charge on any atom is -0.458 e. The zero-order valence-corrected chi connectivity index (χ0v) is 20.1.